The van der Waals surface area contributed by atoms with Crippen molar-refractivity contribution in [3.05, 3.63) is 58.8 Å². The van der Waals surface area contributed by atoms with Gasteiger partial charge in [0.2, 0.25) is 0 Å². The van der Waals surface area contributed by atoms with Gasteiger partial charge in [-0.15, -0.1) is 0 Å². The minimum Gasteiger partial charge on any atom is -0.509 e. The normalized spacial score (nSPS) is 19.2. The van der Waals surface area contributed by atoms with E-state index in [4.69, 9.17) is 0 Å². The fourth-order valence-corrected chi connectivity index (χ4v) is 2.49. The quantitative estimate of drug-likeness (QED) is 0.627. The smallest absolute Gasteiger partial charge is 0.108 e. The molecule has 0 aromatic heterocycles. The Morgan fingerprint density at radius 3 is 2.47 bits per heavy atom. The molecule has 1 atom stereocenters. The number of halogens is 1. The largest absolute Gasteiger partial charge is 0.509 e. The SMILES string of the molecule is C=C(O)/C=C/[C@@](C)(c1ccc(Br)cc1)C1CC1. The Bertz CT molecular complexity index is 442. The lowest BCUT2D eigenvalue weighted by Gasteiger charge is -2.27. The molecule has 0 bridgehead atoms. The molecule has 1 aromatic rings. The summed E-state index contributed by atoms with van der Waals surface area (Å²) in [6, 6.07) is 8.43. The van der Waals surface area contributed by atoms with Gasteiger partial charge in [-0.05, 0) is 42.5 Å². The molecule has 17 heavy (non-hydrogen) atoms. The predicted molar refractivity (Wildman–Crippen MR) is 75.1 cm³/mol. The molecule has 1 aliphatic rings. The van der Waals surface area contributed by atoms with Crippen LogP contribution in [0.2, 0.25) is 0 Å². The Balaban J connectivity index is 2.33. The summed E-state index contributed by atoms with van der Waals surface area (Å²) in [5, 5.41) is 9.22. The van der Waals surface area contributed by atoms with E-state index in [2.05, 4.69) is 59.8 Å². The molecule has 0 heterocycles. The van der Waals surface area contributed by atoms with E-state index in [1.807, 2.05) is 0 Å². The first-order valence-electron chi connectivity index (χ1n) is 5.85. The van der Waals surface area contributed by atoms with Gasteiger partial charge in [-0.1, -0.05) is 47.6 Å². The van der Waals surface area contributed by atoms with Crippen molar-refractivity contribution in [3.63, 3.8) is 0 Å². The highest BCUT2D eigenvalue weighted by atomic mass is 79.9. The maximum absolute atomic E-state index is 9.22. The zero-order valence-corrected chi connectivity index (χ0v) is 11.6. The molecule has 0 aliphatic heterocycles. The summed E-state index contributed by atoms with van der Waals surface area (Å²) >= 11 is 3.45. The Morgan fingerprint density at radius 1 is 1.41 bits per heavy atom. The van der Waals surface area contributed by atoms with Gasteiger partial charge in [0.05, 0.1) is 0 Å². The first kappa shape index (κ1) is 12.4. The van der Waals surface area contributed by atoms with E-state index < -0.39 is 0 Å². The number of hydrogen-bond donors (Lipinski definition) is 1. The molecule has 90 valence electrons. The predicted octanol–water partition coefficient (Wildman–Crippen LogP) is 4.74. The van der Waals surface area contributed by atoms with Crippen LogP contribution < -0.4 is 0 Å². The first-order valence-corrected chi connectivity index (χ1v) is 6.65. The number of aliphatic hydroxyl groups is 1. The van der Waals surface area contributed by atoms with Gasteiger partial charge in [-0.25, -0.2) is 0 Å². The molecular formula is C15H17BrO. The van der Waals surface area contributed by atoms with E-state index >= 15 is 0 Å². The van der Waals surface area contributed by atoms with Crippen molar-refractivity contribution in [1.29, 1.82) is 0 Å². The standard InChI is InChI=1S/C15H17BrO/c1-11(17)9-10-15(2,12-3-4-12)13-5-7-14(16)8-6-13/h5-10,12,17H,1,3-4H2,2H3/b10-9+/t15-/m1/s1. The third-order valence-corrected chi connectivity index (χ3v) is 4.04. The van der Waals surface area contributed by atoms with Gasteiger partial charge in [0.25, 0.3) is 0 Å². The molecule has 1 saturated carbocycles. The highest BCUT2D eigenvalue weighted by Crippen LogP contribution is 2.48. The van der Waals surface area contributed by atoms with Crippen LogP contribution in [-0.2, 0) is 5.41 Å². The molecule has 2 rings (SSSR count). The minimum absolute atomic E-state index is 0.00632. The molecule has 1 aliphatic carbocycles. The van der Waals surface area contributed by atoms with Gasteiger partial charge in [-0.2, -0.15) is 0 Å². The van der Waals surface area contributed by atoms with Crippen molar-refractivity contribution in [1.82, 2.24) is 0 Å². The zero-order valence-electron chi connectivity index (χ0n) is 9.99. The lowest BCUT2D eigenvalue weighted by molar-refractivity contribution is 0.431. The first-order chi connectivity index (χ1) is 8.02. The van der Waals surface area contributed by atoms with Gasteiger partial charge in [0.1, 0.15) is 5.76 Å². The summed E-state index contributed by atoms with van der Waals surface area (Å²) in [7, 11) is 0. The Morgan fingerprint density at radius 2 is 2.00 bits per heavy atom. The maximum Gasteiger partial charge on any atom is 0.108 e. The third kappa shape index (κ3) is 2.81. The lowest BCUT2D eigenvalue weighted by atomic mass is 9.77. The summed E-state index contributed by atoms with van der Waals surface area (Å²) in [6.07, 6.45) is 6.31. The molecule has 0 saturated heterocycles. The average molecular weight is 293 g/mol. The van der Waals surface area contributed by atoms with Gasteiger partial charge in [-0.3, -0.25) is 0 Å². The summed E-state index contributed by atoms with van der Waals surface area (Å²) in [6.45, 7) is 5.74. The van der Waals surface area contributed by atoms with Crippen molar-refractivity contribution < 1.29 is 5.11 Å². The molecule has 0 unspecified atom stereocenters. The molecule has 1 fully saturated rings. The third-order valence-electron chi connectivity index (χ3n) is 3.51. The van der Waals surface area contributed by atoms with Crippen molar-refractivity contribution in [2.75, 3.05) is 0 Å². The topological polar surface area (TPSA) is 20.2 Å². The second kappa shape index (κ2) is 4.69. The molecular weight excluding hydrogens is 276 g/mol. The summed E-state index contributed by atoms with van der Waals surface area (Å²) in [4.78, 5) is 0. The summed E-state index contributed by atoms with van der Waals surface area (Å²) < 4.78 is 1.09. The molecule has 2 heteroatoms. The van der Waals surface area contributed by atoms with Crippen LogP contribution in [0.4, 0.5) is 0 Å². The van der Waals surface area contributed by atoms with Crippen LogP contribution in [0.25, 0.3) is 0 Å². The molecule has 1 nitrogen and oxygen atoms in total. The second-order valence-electron chi connectivity index (χ2n) is 4.89. The fourth-order valence-electron chi connectivity index (χ4n) is 2.23. The van der Waals surface area contributed by atoms with Crippen molar-refractivity contribution in [2.45, 2.75) is 25.2 Å². The van der Waals surface area contributed by atoms with E-state index in [9.17, 15) is 5.11 Å². The minimum atomic E-state index is 0.00632. The number of rotatable bonds is 4. The fraction of sp³-hybridized carbons (Fsp3) is 0.333. The van der Waals surface area contributed by atoms with E-state index in [0.717, 1.165) is 4.47 Å². The van der Waals surface area contributed by atoms with E-state index in [1.54, 1.807) is 6.08 Å². The molecule has 0 radical (unpaired) electrons. The molecule has 1 aromatic carbocycles. The van der Waals surface area contributed by atoms with Crippen LogP contribution in [0.3, 0.4) is 0 Å². The van der Waals surface area contributed by atoms with E-state index in [0.29, 0.717) is 5.92 Å². The monoisotopic (exact) mass is 292 g/mol. The molecule has 0 amide bonds. The van der Waals surface area contributed by atoms with Crippen molar-refractivity contribution in [2.24, 2.45) is 5.92 Å². The van der Waals surface area contributed by atoms with Crippen LogP contribution in [0.1, 0.15) is 25.3 Å². The average Bonchev–Trinajstić information content (AvgIpc) is 3.11. The summed E-state index contributed by atoms with van der Waals surface area (Å²) in [5.41, 5.74) is 1.30. The highest BCUT2D eigenvalue weighted by molar-refractivity contribution is 9.10. The van der Waals surface area contributed by atoms with E-state index in [-0.39, 0.29) is 11.2 Å². The van der Waals surface area contributed by atoms with Crippen LogP contribution in [0.5, 0.6) is 0 Å². The van der Waals surface area contributed by atoms with Crippen molar-refractivity contribution >= 4 is 15.9 Å². The zero-order chi connectivity index (χ0) is 12.5. The second-order valence-corrected chi connectivity index (χ2v) is 5.80. The number of benzene rings is 1. The van der Waals surface area contributed by atoms with Gasteiger partial charge in [0, 0.05) is 9.89 Å². The number of hydrogen-bond acceptors (Lipinski definition) is 1. The van der Waals surface area contributed by atoms with Crippen molar-refractivity contribution in [3.8, 4) is 0 Å². The van der Waals surface area contributed by atoms with E-state index in [1.165, 1.54) is 18.4 Å². The van der Waals surface area contributed by atoms with Crippen LogP contribution in [0, 0.1) is 5.92 Å². The molecule has 0 spiro atoms. The van der Waals surface area contributed by atoms with Crippen LogP contribution in [-0.4, -0.2) is 5.11 Å². The van der Waals surface area contributed by atoms with Gasteiger partial charge < -0.3 is 5.11 Å². The Kier molecular flexibility index (Phi) is 3.43. The Hall–Kier alpha value is -1.02. The van der Waals surface area contributed by atoms with Crippen LogP contribution in [0.15, 0.2) is 53.2 Å². The maximum atomic E-state index is 9.22. The number of aliphatic hydroxyl groups excluding tert-OH is 1. The summed E-state index contributed by atoms with van der Waals surface area (Å²) in [5.74, 6) is 0.799. The number of allylic oxidation sites excluding steroid dienone is 2. The lowest BCUT2D eigenvalue weighted by Crippen LogP contribution is -2.21. The Labute approximate surface area is 111 Å². The van der Waals surface area contributed by atoms with Gasteiger partial charge in [0.15, 0.2) is 0 Å². The van der Waals surface area contributed by atoms with Crippen LogP contribution >= 0.6 is 15.9 Å². The molecule has 1 N–H and O–H groups in total. The van der Waals surface area contributed by atoms with Gasteiger partial charge >= 0.3 is 0 Å². The highest BCUT2D eigenvalue weighted by Gasteiger charge is 2.40.